The van der Waals surface area contributed by atoms with E-state index in [4.69, 9.17) is 4.74 Å². The summed E-state index contributed by atoms with van der Waals surface area (Å²) in [6.07, 6.45) is 1.74. The van der Waals surface area contributed by atoms with E-state index in [1.54, 1.807) is 6.20 Å². The van der Waals surface area contributed by atoms with Gasteiger partial charge in [-0.1, -0.05) is 18.2 Å². The Morgan fingerprint density at radius 3 is 2.50 bits per heavy atom. The summed E-state index contributed by atoms with van der Waals surface area (Å²) in [4.78, 5) is 20.8. The molecule has 0 spiro atoms. The molecule has 3 aromatic rings. The van der Waals surface area contributed by atoms with Crippen molar-refractivity contribution in [2.24, 2.45) is 0 Å². The van der Waals surface area contributed by atoms with Gasteiger partial charge in [-0.05, 0) is 55.3 Å². The van der Waals surface area contributed by atoms with Crippen LogP contribution >= 0.6 is 0 Å². The lowest BCUT2D eigenvalue weighted by atomic mass is 10.1. The number of ether oxygens (including phenoxy) is 1. The van der Waals surface area contributed by atoms with Crippen molar-refractivity contribution in [2.75, 3.05) is 37.7 Å². The zero-order valence-electron chi connectivity index (χ0n) is 17.3. The number of carbonyl (C=O) groups is 1. The third-order valence-electron chi connectivity index (χ3n) is 5.23. The minimum atomic E-state index is 0.00661. The van der Waals surface area contributed by atoms with Crippen LogP contribution in [0.15, 0.2) is 54.7 Å². The van der Waals surface area contributed by atoms with Gasteiger partial charge < -0.3 is 14.5 Å². The molecule has 0 bridgehead atoms. The van der Waals surface area contributed by atoms with Gasteiger partial charge in [0.2, 0.25) is 0 Å². The molecule has 30 heavy (non-hydrogen) atoms. The lowest BCUT2D eigenvalue weighted by Gasteiger charge is -2.35. The van der Waals surface area contributed by atoms with Gasteiger partial charge in [0, 0.05) is 32.4 Å². The van der Waals surface area contributed by atoms with Crippen molar-refractivity contribution in [3.05, 3.63) is 65.9 Å². The summed E-state index contributed by atoms with van der Waals surface area (Å²) in [5.74, 6) is 1.59. The highest BCUT2D eigenvalue weighted by atomic mass is 16.5. The first-order valence-electron chi connectivity index (χ1n) is 10.1. The molecule has 0 unspecified atom stereocenters. The van der Waals surface area contributed by atoms with E-state index in [9.17, 15) is 4.79 Å². The fourth-order valence-corrected chi connectivity index (χ4v) is 3.42. The molecule has 1 saturated heterocycles. The SMILES string of the molecule is Cc1ccc(C)c(OCC(=O)N2CCN(c3ccc(-c4ccccn4)nn3)CC2)c1. The number of benzene rings is 1. The minimum absolute atomic E-state index is 0.00661. The molecule has 154 valence electrons. The number of aryl methyl sites for hydroxylation is 2. The predicted octanol–water partition coefficient (Wildman–Crippen LogP) is 2.88. The quantitative estimate of drug-likeness (QED) is 0.652. The van der Waals surface area contributed by atoms with E-state index in [1.165, 1.54) is 0 Å². The highest BCUT2D eigenvalue weighted by Gasteiger charge is 2.22. The second-order valence-corrected chi connectivity index (χ2v) is 7.42. The molecular formula is C23H25N5O2. The van der Waals surface area contributed by atoms with Gasteiger partial charge in [-0.3, -0.25) is 9.78 Å². The Bertz CT molecular complexity index is 1000. The molecule has 1 aliphatic heterocycles. The summed E-state index contributed by atoms with van der Waals surface area (Å²) >= 11 is 0. The second-order valence-electron chi connectivity index (χ2n) is 7.42. The van der Waals surface area contributed by atoms with Crippen LogP contribution in [-0.4, -0.2) is 58.8 Å². The molecule has 0 radical (unpaired) electrons. The van der Waals surface area contributed by atoms with Crippen LogP contribution in [0.4, 0.5) is 5.82 Å². The number of nitrogens with zero attached hydrogens (tertiary/aromatic N) is 5. The molecule has 1 aliphatic rings. The Labute approximate surface area is 176 Å². The number of aromatic nitrogens is 3. The van der Waals surface area contributed by atoms with E-state index in [0.29, 0.717) is 26.2 Å². The number of rotatable bonds is 5. The number of pyridine rings is 1. The highest BCUT2D eigenvalue weighted by molar-refractivity contribution is 5.78. The van der Waals surface area contributed by atoms with Crippen LogP contribution in [0.1, 0.15) is 11.1 Å². The third kappa shape index (κ3) is 4.56. The van der Waals surface area contributed by atoms with Crippen LogP contribution in [0.25, 0.3) is 11.4 Å². The first-order valence-corrected chi connectivity index (χ1v) is 10.1. The standard InChI is InChI=1S/C23H25N5O2/c1-17-6-7-18(2)21(15-17)30-16-23(29)28-13-11-27(12-14-28)22-9-8-20(25-26-22)19-5-3-4-10-24-19/h3-10,15H,11-14,16H2,1-2H3. The van der Waals surface area contributed by atoms with Crippen molar-refractivity contribution in [3.8, 4) is 17.1 Å². The Kier molecular flexibility index (Phi) is 5.88. The lowest BCUT2D eigenvalue weighted by Crippen LogP contribution is -2.50. The maximum atomic E-state index is 12.6. The molecule has 0 aliphatic carbocycles. The van der Waals surface area contributed by atoms with Crippen LogP contribution in [0, 0.1) is 13.8 Å². The average molecular weight is 403 g/mol. The molecule has 0 saturated carbocycles. The van der Waals surface area contributed by atoms with E-state index in [1.807, 2.05) is 67.3 Å². The molecule has 2 aromatic heterocycles. The van der Waals surface area contributed by atoms with E-state index < -0.39 is 0 Å². The summed E-state index contributed by atoms with van der Waals surface area (Å²) in [5, 5.41) is 8.65. The predicted molar refractivity (Wildman–Crippen MR) is 115 cm³/mol. The molecule has 4 rings (SSSR count). The normalized spacial score (nSPS) is 13.9. The molecule has 7 nitrogen and oxygen atoms in total. The monoisotopic (exact) mass is 403 g/mol. The Hall–Kier alpha value is -3.48. The van der Waals surface area contributed by atoms with Crippen LogP contribution in [-0.2, 0) is 4.79 Å². The summed E-state index contributed by atoms with van der Waals surface area (Å²) < 4.78 is 5.77. The van der Waals surface area contributed by atoms with Crippen LogP contribution in [0.5, 0.6) is 5.75 Å². The van der Waals surface area contributed by atoms with E-state index in [0.717, 1.165) is 34.1 Å². The van der Waals surface area contributed by atoms with Crippen LogP contribution < -0.4 is 9.64 Å². The molecule has 0 N–H and O–H groups in total. The van der Waals surface area contributed by atoms with E-state index in [-0.39, 0.29) is 12.5 Å². The lowest BCUT2D eigenvalue weighted by molar-refractivity contribution is -0.133. The van der Waals surface area contributed by atoms with Gasteiger partial charge in [0.15, 0.2) is 12.4 Å². The van der Waals surface area contributed by atoms with Gasteiger partial charge in [0.25, 0.3) is 5.91 Å². The van der Waals surface area contributed by atoms with Crippen molar-refractivity contribution < 1.29 is 9.53 Å². The number of hydrogen-bond donors (Lipinski definition) is 0. The summed E-state index contributed by atoms with van der Waals surface area (Å²) in [5.41, 5.74) is 3.70. The number of hydrogen-bond acceptors (Lipinski definition) is 6. The Balaban J connectivity index is 1.30. The zero-order valence-corrected chi connectivity index (χ0v) is 17.3. The number of anilines is 1. The molecule has 7 heteroatoms. The maximum Gasteiger partial charge on any atom is 0.260 e. The van der Waals surface area contributed by atoms with Gasteiger partial charge in [-0.15, -0.1) is 10.2 Å². The summed E-state index contributed by atoms with van der Waals surface area (Å²) in [7, 11) is 0. The van der Waals surface area contributed by atoms with Crippen LogP contribution in [0.2, 0.25) is 0 Å². The Morgan fingerprint density at radius 2 is 1.80 bits per heavy atom. The van der Waals surface area contributed by atoms with Gasteiger partial charge >= 0.3 is 0 Å². The van der Waals surface area contributed by atoms with Crippen molar-refractivity contribution in [3.63, 3.8) is 0 Å². The average Bonchev–Trinajstić information content (AvgIpc) is 2.80. The third-order valence-corrected chi connectivity index (χ3v) is 5.23. The fourth-order valence-electron chi connectivity index (χ4n) is 3.42. The molecule has 3 heterocycles. The van der Waals surface area contributed by atoms with Crippen LogP contribution in [0.3, 0.4) is 0 Å². The van der Waals surface area contributed by atoms with E-state index in [2.05, 4.69) is 20.1 Å². The summed E-state index contributed by atoms with van der Waals surface area (Å²) in [6, 6.07) is 15.6. The number of amides is 1. The van der Waals surface area contributed by atoms with Gasteiger partial charge in [0.05, 0.1) is 5.69 Å². The minimum Gasteiger partial charge on any atom is -0.483 e. The molecular weight excluding hydrogens is 378 g/mol. The smallest absolute Gasteiger partial charge is 0.260 e. The fraction of sp³-hybridized carbons (Fsp3) is 0.304. The number of carbonyl (C=O) groups excluding carboxylic acids is 1. The Morgan fingerprint density at radius 1 is 0.967 bits per heavy atom. The molecule has 1 amide bonds. The van der Waals surface area contributed by atoms with E-state index >= 15 is 0 Å². The van der Waals surface area contributed by atoms with Gasteiger partial charge in [-0.25, -0.2) is 0 Å². The van der Waals surface area contributed by atoms with Crippen molar-refractivity contribution in [2.45, 2.75) is 13.8 Å². The zero-order chi connectivity index (χ0) is 20.9. The summed E-state index contributed by atoms with van der Waals surface area (Å²) in [6.45, 7) is 6.76. The largest absolute Gasteiger partial charge is 0.483 e. The first kappa shape index (κ1) is 19.8. The molecule has 1 fully saturated rings. The number of piperazine rings is 1. The topological polar surface area (TPSA) is 71.5 Å². The highest BCUT2D eigenvalue weighted by Crippen LogP contribution is 2.20. The van der Waals surface area contributed by atoms with Crippen molar-refractivity contribution >= 4 is 11.7 Å². The molecule has 0 atom stereocenters. The van der Waals surface area contributed by atoms with Gasteiger partial charge in [-0.2, -0.15) is 0 Å². The van der Waals surface area contributed by atoms with Crippen molar-refractivity contribution in [1.82, 2.24) is 20.1 Å². The second kappa shape index (κ2) is 8.90. The first-order chi connectivity index (χ1) is 14.6. The molecule has 1 aromatic carbocycles. The van der Waals surface area contributed by atoms with Crippen molar-refractivity contribution in [1.29, 1.82) is 0 Å². The van der Waals surface area contributed by atoms with Gasteiger partial charge in [0.1, 0.15) is 11.4 Å². The maximum absolute atomic E-state index is 12.6.